The lowest BCUT2D eigenvalue weighted by Crippen LogP contribution is -2.38. The first-order valence-corrected chi connectivity index (χ1v) is 10.8. The van der Waals surface area contributed by atoms with E-state index in [1.807, 2.05) is 45.9 Å². The number of carbonyl (C=O) groups is 2. The lowest BCUT2D eigenvalue weighted by Gasteiger charge is -2.35. The summed E-state index contributed by atoms with van der Waals surface area (Å²) in [6.45, 7) is 9.55. The highest BCUT2D eigenvalue weighted by atomic mass is 19.2. The number of carbonyl (C=O) groups excluding carboxylic acids is 2. The summed E-state index contributed by atoms with van der Waals surface area (Å²) >= 11 is 0. The van der Waals surface area contributed by atoms with Gasteiger partial charge in [-0.25, -0.2) is 13.6 Å². The van der Waals surface area contributed by atoms with Gasteiger partial charge in [0.1, 0.15) is 0 Å². The van der Waals surface area contributed by atoms with E-state index in [-0.39, 0.29) is 37.0 Å². The Morgan fingerprint density at radius 1 is 1.16 bits per heavy atom. The zero-order chi connectivity index (χ0) is 23.6. The smallest absolute Gasteiger partial charge is 0.336 e. The predicted molar refractivity (Wildman–Crippen MR) is 119 cm³/mol. The molecule has 1 amide bonds. The Kier molecular flexibility index (Phi) is 7.12. The van der Waals surface area contributed by atoms with Crippen LogP contribution in [0.4, 0.5) is 8.78 Å². The first kappa shape index (κ1) is 23.6. The molecule has 2 aromatic carbocycles. The Labute approximate surface area is 187 Å². The monoisotopic (exact) mass is 441 g/mol. The molecule has 4 nitrogen and oxygen atoms in total. The van der Waals surface area contributed by atoms with E-state index in [0.29, 0.717) is 11.3 Å². The highest BCUT2D eigenvalue weighted by molar-refractivity contribution is 5.96. The summed E-state index contributed by atoms with van der Waals surface area (Å²) in [5.41, 5.74) is 3.73. The number of benzene rings is 2. The molecule has 0 aromatic heterocycles. The van der Waals surface area contributed by atoms with Crippen LogP contribution in [0.3, 0.4) is 0 Å². The third-order valence-corrected chi connectivity index (χ3v) is 5.76. The fourth-order valence-electron chi connectivity index (χ4n) is 4.03. The molecular weight excluding hydrogens is 412 g/mol. The van der Waals surface area contributed by atoms with Gasteiger partial charge in [0.15, 0.2) is 11.6 Å². The van der Waals surface area contributed by atoms with Crippen LogP contribution in [-0.2, 0) is 20.9 Å². The number of hydrogen-bond acceptors (Lipinski definition) is 3. The van der Waals surface area contributed by atoms with E-state index in [1.54, 1.807) is 6.92 Å². The number of rotatable bonds is 6. The molecule has 1 aliphatic rings. The van der Waals surface area contributed by atoms with Gasteiger partial charge in [-0.1, -0.05) is 49.7 Å². The highest BCUT2D eigenvalue weighted by Crippen LogP contribution is 2.39. The van der Waals surface area contributed by atoms with Crippen molar-refractivity contribution < 1.29 is 23.1 Å². The Morgan fingerprint density at radius 3 is 2.56 bits per heavy atom. The fourth-order valence-corrected chi connectivity index (χ4v) is 4.03. The summed E-state index contributed by atoms with van der Waals surface area (Å²) in [5.74, 6) is -3.01. The molecule has 6 heteroatoms. The van der Waals surface area contributed by atoms with Gasteiger partial charge in [0.05, 0.1) is 18.7 Å². The lowest BCUT2D eigenvalue weighted by atomic mass is 9.81. The Hall–Kier alpha value is -3.02. The largest absolute Gasteiger partial charge is 0.462 e. The summed E-state index contributed by atoms with van der Waals surface area (Å²) < 4.78 is 33.5. The first-order chi connectivity index (χ1) is 15.1. The molecule has 3 rings (SSSR count). The standard InChI is InChI=1S/C26H29F2NO3/c1-15(2)14-32-26(31)24-18(5)29(13-19-7-6-8-22(27)25(19)28)23(30)12-21(24)20-11-16(3)9-10-17(20)4/h6-11,15,21H,12-14H2,1-5H3. The molecule has 32 heavy (non-hydrogen) atoms. The minimum absolute atomic E-state index is 0.0463. The van der Waals surface area contributed by atoms with Crippen LogP contribution >= 0.6 is 0 Å². The average molecular weight is 442 g/mol. The van der Waals surface area contributed by atoms with E-state index in [9.17, 15) is 18.4 Å². The normalized spacial score (nSPS) is 16.7. The summed E-state index contributed by atoms with van der Waals surface area (Å²) in [7, 11) is 0. The molecule has 0 aliphatic carbocycles. The van der Waals surface area contributed by atoms with Crippen LogP contribution in [0.2, 0.25) is 0 Å². The zero-order valence-corrected chi connectivity index (χ0v) is 19.2. The summed E-state index contributed by atoms with van der Waals surface area (Å²) in [4.78, 5) is 27.7. The van der Waals surface area contributed by atoms with Gasteiger partial charge >= 0.3 is 5.97 Å². The van der Waals surface area contributed by atoms with Crippen molar-refractivity contribution in [1.82, 2.24) is 4.90 Å². The van der Waals surface area contributed by atoms with Crippen molar-refractivity contribution in [3.8, 4) is 0 Å². The van der Waals surface area contributed by atoms with E-state index in [1.165, 1.54) is 17.0 Å². The minimum Gasteiger partial charge on any atom is -0.462 e. The molecule has 1 heterocycles. The maximum Gasteiger partial charge on any atom is 0.336 e. The van der Waals surface area contributed by atoms with Gasteiger partial charge in [0.25, 0.3) is 0 Å². The molecule has 0 saturated carbocycles. The van der Waals surface area contributed by atoms with Crippen molar-refractivity contribution >= 4 is 11.9 Å². The molecule has 0 radical (unpaired) electrons. The van der Waals surface area contributed by atoms with Gasteiger partial charge in [-0.3, -0.25) is 4.79 Å². The van der Waals surface area contributed by atoms with E-state index in [4.69, 9.17) is 4.74 Å². The molecule has 2 aromatic rings. The van der Waals surface area contributed by atoms with Crippen LogP contribution < -0.4 is 0 Å². The molecule has 0 saturated heterocycles. The maximum atomic E-state index is 14.3. The van der Waals surface area contributed by atoms with Crippen molar-refractivity contribution in [3.05, 3.63) is 81.6 Å². The van der Waals surface area contributed by atoms with Crippen LogP contribution in [0.25, 0.3) is 0 Å². The zero-order valence-electron chi connectivity index (χ0n) is 19.2. The summed E-state index contributed by atoms with van der Waals surface area (Å²) in [6.07, 6.45) is 0.0463. The third kappa shape index (κ3) is 4.90. The van der Waals surface area contributed by atoms with Gasteiger partial charge in [-0.2, -0.15) is 0 Å². The van der Waals surface area contributed by atoms with Crippen molar-refractivity contribution in [3.63, 3.8) is 0 Å². The molecule has 170 valence electrons. The van der Waals surface area contributed by atoms with Crippen LogP contribution in [-0.4, -0.2) is 23.4 Å². The second kappa shape index (κ2) is 9.63. The predicted octanol–water partition coefficient (Wildman–Crippen LogP) is 5.57. The topological polar surface area (TPSA) is 46.6 Å². The molecule has 0 bridgehead atoms. The molecule has 0 spiro atoms. The van der Waals surface area contributed by atoms with E-state index < -0.39 is 23.5 Å². The quantitative estimate of drug-likeness (QED) is 0.551. The number of halogens is 2. The highest BCUT2D eigenvalue weighted by Gasteiger charge is 2.38. The summed E-state index contributed by atoms with van der Waals surface area (Å²) in [5, 5.41) is 0. The average Bonchev–Trinajstić information content (AvgIpc) is 2.73. The second-order valence-corrected chi connectivity index (χ2v) is 8.80. The van der Waals surface area contributed by atoms with E-state index in [2.05, 4.69) is 0 Å². The molecular formula is C26H29F2NO3. The van der Waals surface area contributed by atoms with Crippen molar-refractivity contribution in [2.75, 3.05) is 6.61 Å². The first-order valence-electron chi connectivity index (χ1n) is 10.8. The Bertz CT molecular complexity index is 1070. The minimum atomic E-state index is -0.992. The second-order valence-electron chi connectivity index (χ2n) is 8.80. The molecule has 0 fully saturated rings. The van der Waals surface area contributed by atoms with E-state index >= 15 is 0 Å². The van der Waals surface area contributed by atoms with Crippen LogP contribution in [0, 0.1) is 31.4 Å². The third-order valence-electron chi connectivity index (χ3n) is 5.76. The van der Waals surface area contributed by atoms with Gasteiger partial charge in [0.2, 0.25) is 5.91 Å². The SMILES string of the molecule is CC1=C(C(=O)OCC(C)C)C(c2cc(C)ccc2C)CC(=O)N1Cc1cccc(F)c1F. The van der Waals surface area contributed by atoms with Crippen LogP contribution in [0.1, 0.15) is 55.4 Å². The fraction of sp³-hybridized carbons (Fsp3) is 0.385. The van der Waals surface area contributed by atoms with Crippen molar-refractivity contribution in [2.24, 2.45) is 5.92 Å². The Balaban J connectivity index is 2.08. The van der Waals surface area contributed by atoms with Crippen molar-refractivity contribution in [1.29, 1.82) is 0 Å². The van der Waals surface area contributed by atoms with Gasteiger partial charge in [-0.15, -0.1) is 0 Å². The van der Waals surface area contributed by atoms with Gasteiger partial charge in [-0.05, 0) is 43.9 Å². The van der Waals surface area contributed by atoms with Crippen LogP contribution in [0.15, 0.2) is 47.7 Å². The molecule has 1 atom stereocenters. The number of allylic oxidation sites excluding steroid dienone is 1. The number of amides is 1. The number of hydrogen-bond donors (Lipinski definition) is 0. The molecule has 0 N–H and O–H groups in total. The van der Waals surface area contributed by atoms with Crippen LogP contribution in [0.5, 0.6) is 0 Å². The number of aryl methyl sites for hydroxylation is 2. The van der Waals surface area contributed by atoms with Gasteiger partial charge in [0, 0.05) is 23.6 Å². The molecule has 1 aliphatic heterocycles. The lowest BCUT2D eigenvalue weighted by molar-refractivity contribution is -0.141. The van der Waals surface area contributed by atoms with Gasteiger partial charge < -0.3 is 9.64 Å². The number of ether oxygens (including phenoxy) is 1. The maximum absolute atomic E-state index is 14.3. The Morgan fingerprint density at radius 2 is 1.88 bits per heavy atom. The number of nitrogens with zero attached hydrogens (tertiary/aromatic N) is 1. The summed E-state index contributed by atoms with van der Waals surface area (Å²) in [6, 6.07) is 9.80. The van der Waals surface area contributed by atoms with E-state index in [0.717, 1.165) is 22.8 Å². The van der Waals surface area contributed by atoms with Crippen molar-refractivity contribution in [2.45, 2.75) is 53.5 Å². The number of esters is 1. The molecule has 1 unspecified atom stereocenters.